The first-order valence-electron chi connectivity index (χ1n) is 12.7. The van der Waals surface area contributed by atoms with Crippen molar-refractivity contribution >= 4 is 0 Å². The summed E-state index contributed by atoms with van der Waals surface area (Å²) in [4.78, 5) is 0. The van der Waals surface area contributed by atoms with Gasteiger partial charge in [-0.05, 0) is 47.4 Å². The minimum atomic E-state index is -0.931. The van der Waals surface area contributed by atoms with E-state index in [0.717, 1.165) is 16.7 Å². The van der Waals surface area contributed by atoms with Crippen molar-refractivity contribution in [3.63, 3.8) is 0 Å². The van der Waals surface area contributed by atoms with Crippen molar-refractivity contribution in [1.29, 1.82) is 0 Å². The molecule has 0 fully saturated rings. The maximum absolute atomic E-state index is 11.2. The molecular formula is C32H35NO5. The molecule has 0 aromatic heterocycles. The molecule has 0 saturated carbocycles. The van der Waals surface area contributed by atoms with Gasteiger partial charge in [0.1, 0.15) is 19.3 Å². The molecule has 0 saturated heterocycles. The third kappa shape index (κ3) is 7.06. The van der Waals surface area contributed by atoms with Crippen molar-refractivity contribution in [3.05, 3.63) is 120 Å². The summed E-state index contributed by atoms with van der Waals surface area (Å²) in [6, 6.07) is 32.6. The Bertz CT molecular complexity index is 1270. The summed E-state index contributed by atoms with van der Waals surface area (Å²) in [7, 11) is 3.21. The van der Waals surface area contributed by atoms with Crippen molar-refractivity contribution in [2.24, 2.45) is 5.73 Å². The average molecular weight is 514 g/mol. The molecule has 0 aliphatic carbocycles. The summed E-state index contributed by atoms with van der Waals surface area (Å²) in [6.07, 6.45) is -0.287. The Morgan fingerprint density at radius 3 is 1.87 bits per heavy atom. The molecule has 4 rings (SSSR count). The number of hydrogen-bond donors (Lipinski definition) is 2. The first-order valence-corrected chi connectivity index (χ1v) is 12.7. The van der Waals surface area contributed by atoms with Crippen LogP contribution in [-0.4, -0.2) is 38.1 Å². The summed E-state index contributed by atoms with van der Waals surface area (Å²) in [6.45, 7) is 0.438. The number of aliphatic hydroxyl groups excluding tert-OH is 1. The average Bonchev–Trinajstić information content (AvgIpc) is 2.98. The van der Waals surface area contributed by atoms with Gasteiger partial charge in [0.2, 0.25) is 0 Å². The highest BCUT2D eigenvalue weighted by molar-refractivity contribution is 5.45. The van der Waals surface area contributed by atoms with Crippen LogP contribution in [0.3, 0.4) is 0 Å². The summed E-state index contributed by atoms with van der Waals surface area (Å²) in [5.41, 5.74) is 9.83. The molecule has 198 valence electrons. The highest BCUT2D eigenvalue weighted by Gasteiger charge is 2.28. The van der Waals surface area contributed by atoms with Crippen LogP contribution < -0.4 is 24.7 Å². The first kappa shape index (κ1) is 27.0. The normalized spacial score (nSPS) is 13.3. The quantitative estimate of drug-likeness (QED) is 0.250. The fourth-order valence-electron chi connectivity index (χ4n) is 4.41. The van der Waals surface area contributed by atoms with Crippen LogP contribution in [-0.2, 0) is 13.0 Å². The Labute approximate surface area is 224 Å². The Morgan fingerprint density at radius 2 is 1.24 bits per heavy atom. The molecule has 0 amide bonds. The van der Waals surface area contributed by atoms with Crippen molar-refractivity contribution in [3.8, 4) is 23.0 Å². The lowest BCUT2D eigenvalue weighted by molar-refractivity contribution is 0.0748. The van der Waals surface area contributed by atoms with Crippen LogP contribution in [0.15, 0.2) is 103 Å². The standard InChI is InChI=1S/C32H35NO5/c1-35-28-18-17-25(20-31(28)36-2)26(19-23-11-5-3-6-12-23)32(33)27(34)22-38-30-16-10-9-15-29(30)37-21-24-13-7-4-8-14-24/h3-18,20,26-27,32,34H,19,21-22,33H2,1-2H3. The Balaban J connectivity index is 1.49. The van der Waals surface area contributed by atoms with Crippen LogP contribution >= 0.6 is 0 Å². The van der Waals surface area contributed by atoms with E-state index in [1.807, 2.05) is 91.0 Å². The number of benzene rings is 4. The zero-order valence-corrected chi connectivity index (χ0v) is 21.8. The van der Waals surface area contributed by atoms with Crippen molar-refractivity contribution in [2.75, 3.05) is 20.8 Å². The van der Waals surface area contributed by atoms with E-state index >= 15 is 0 Å². The molecule has 3 atom stereocenters. The number of methoxy groups -OCH3 is 2. The van der Waals surface area contributed by atoms with Crippen molar-refractivity contribution in [2.45, 2.75) is 31.1 Å². The minimum Gasteiger partial charge on any atom is -0.493 e. The second kappa shape index (κ2) is 13.5. The molecule has 6 heteroatoms. The topological polar surface area (TPSA) is 83.2 Å². The van der Waals surface area contributed by atoms with E-state index in [1.54, 1.807) is 14.2 Å². The predicted octanol–water partition coefficient (Wildman–Crippen LogP) is 5.38. The van der Waals surface area contributed by atoms with E-state index < -0.39 is 12.1 Å². The van der Waals surface area contributed by atoms with Gasteiger partial charge < -0.3 is 29.8 Å². The SMILES string of the molecule is COc1ccc(C(Cc2ccccc2)C(N)C(O)COc2ccccc2OCc2ccccc2)cc1OC. The summed E-state index contributed by atoms with van der Waals surface area (Å²) in [5.74, 6) is 2.23. The Hall–Kier alpha value is -4.00. The van der Waals surface area contributed by atoms with Crippen molar-refractivity contribution in [1.82, 2.24) is 0 Å². The zero-order valence-electron chi connectivity index (χ0n) is 21.8. The monoisotopic (exact) mass is 513 g/mol. The molecule has 0 radical (unpaired) electrons. The fourth-order valence-corrected chi connectivity index (χ4v) is 4.41. The molecule has 0 bridgehead atoms. The summed E-state index contributed by atoms with van der Waals surface area (Å²) < 4.78 is 23.0. The molecular weight excluding hydrogens is 478 g/mol. The zero-order chi connectivity index (χ0) is 26.7. The van der Waals surface area contributed by atoms with E-state index in [-0.39, 0.29) is 12.5 Å². The lowest BCUT2D eigenvalue weighted by Crippen LogP contribution is -2.44. The van der Waals surface area contributed by atoms with Gasteiger partial charge in [0.25, 0.3) is 0 Å². The highest BCUT2D eigenvalue weighted by Crippen LogP contribution is 2.34. The van der Waals surface area contributed by atoms with Crippen LogP contribution in [0.25, 0.3) is 0 Å². The molecule has 3 N–H and O–H groups in total. The molecule has 0 aliphatic heterocycles. The molecule has 6 nitrogen and oxygen atoms in total. The lowest BCUT2D eigenvalue weighted by Gasteiger charge is -2.29. The summed E-state index contributed by atoms with van der Waals surface area (Å²) >= 11 is 0. The lowest BCUT2D eigenvalue weighted by atomic mass is 9.83. The van der Waals surface area contributed by atoms with E-state index in [0.29, 0.717) is 36.0 Å². The second-order valence-corrected chi connectivity index (χ2v) is 9.09. The molecule has 0 spiro atoms. The smallest absolute Gasteiger partial charge is 0.161 e. The van der Waals surface area contributed by atoms with Gasteiger partial charge >= 0.3 is 0 Å². The first-order chi connectivity index (χ1) is 18.6. The van der Waals surface area contributed by atoms with Gasteiger partial charge in [-0.15, -0.1) is 0 Å². The molecule has 4 aromatic carbocycles. The van der Waals surface area contributed by atoms with Gasteiger partial charge in [0, 0.05) is 12.0 Å². The van der Waals surface area contributed by atoms with Crippen molar-refractivity contribution < 1.29 is 24.1 Å². The van der Waals surface area contributed by atoms with Crippen LogP contribution in [0.1, 0.15) is 22.6 Å². The van der Waals surface area contributed by atoms with Crippen LogP contribution in [0.5, 0.6) is 23.0 Å². The third-order valence-corrected chi connectivity index (χ3v) is 6.54. The molecule has 0 aliphatic rings. The van der Waals surface area contributed by atoms with E-state index in [1.165, 1.54) is 0 Å². The van der Waals surface area contributed by atoms with Crippen LogP contribution in [0.4, 0.5) is 0 Å². The van der Waals surface area contributed by atoms with E-state index in [9.17, 15) is 5.11 Å². The summed E-state index contributed by atoms with van der Waals surface area (Å²) in [5, 5.41) is 11.2. The largest absolute Gasteiger partial charge is 0.493 e. The molecule has 4 aromatic rings. The number of hydrogen-bond acceptors (Lipinski definition) is 6. The second-order valence-electron chi connectivity index (χ2n) is 9.09. The maximum Gasteiger partial charge on any atom is 0.161 e. The predicted molar refractivity (Wildman–Crippen MR) is 149 cm³/mol. The van der Waals surface area contributed by atoms with E-state index in [4.69, 9.17) is 24.7 Å². The number of ether oxygens (including phenoxy) is 4. The number of aliphatic hydroxyl groups is 1. The Kier molecular flexibility index (Phi) is 9.62. The van der Waals surface area contributed by atoms with Crippen LogP contribution in [0, 0.1) is 0 Å². The van der Waals surface area contributed by atoms with Crippen LogP contribution in [0.2, 0.25) is 0 Å². The van der Waals surface area contributed by atoms with Gasteiger partial charge in [0.15, 0.2) is 23.0 Å². The van der Waals surface area contributed by atoms with Gasteiger partial charge in [0.05, 0.1) is 14.2 Å². The van der Waals surface area contributed by atoms with E-state index in [2.05, 4.69) is 12.1 Å². The highest BCUT2D eigenvalue weighted by atomic mass is 16.5. The molecule has 3 unspecified atom stereocenters. The van der Waals surface area contributed by atoms with Gasteiger partial charge in [-0.3, -0.25) is 0 Å². The molecule has 38 heavy (non-hydrogen) atoms. The number of rotatable bonds is 13. The molecule has 0 heterocycles. The third-order valence-electron chi connectivity index (χ3n) is 6.54. The number of nitrogens with two attached hydrogens (primary N) is 1. The minimum absolute atomic E-state index is 0.0193. The van der Waals surface area contributed by atoms with Gasteiger partial charge in [-0.25, -0.2) is 0 Å². The Morgan fingerprint density at radius 1 is 0.658 bits per heavy atom. The maximum atomic E-state index is 11.2. The van der Waals surface area contributed by atoms with Gasteiger partial charge in [-0.2, -0.15) is 0 Å². The number of para-hydroxylation sites is 2. The van der Waals surface area contributed by atoms with Gasteiger partial charge in [-0.1, -0.05) is 78.9 Å². The fraction of sp³-hybridized carbons (Fsp3) is 0.250.